The Morgan fingerprint density at radius 3 is 2.36 bits per heavy atom. The van der Waals surface area contributed by atoms with Crippen molar-refractivity contribution in [3.05, 3.63) is 23.8 Å². The van der Waals surface area contributed by atoms with Gasteiger partial charge in [-0.3, -0.25) is 4.79 Å². The molecule has 1 aliphatic rings. The number of hydrogen-bond acceptors (Lipinski definition) is 7. The molecule has 110 valence electrons. The van der Waals surface area contributed by atoms with Gasteiger partial charge in [0.1, 0.15) is 6.07 Å². The van der Waals surface area contributed by atoms with Crippen molar-refractivity contribution in [2.45, 2.75) is 11.7 Å². The Labute approximate surface area is 126 Å². The molecular formula is C15H11N3O4. The highest BCUT2D eigenvalue weighted by atomic mass is 16.6. The van der Waals surface area contributed by atoms with Gasteiger partial charge in [-0.2, -0.15) is 15.8 Å². The van der Waals surface area contributed by atoms with E-state index in [0.717, 1.165) is 0 Å². The molecule has 0 spiro atoms. The maximum absolute atomic E-state index is 12.4. The second-order valence-electron chi connectivity index (χ2n) is 4.53. The van der Waals surface area contributed by atoms with Gasteiger partial charge in [-0.05, 0) is 18.2 Å². The van der Waals surface area contributed by atoms with Crippen LogP contribution in [-0.2, 0) is 4.74 Å². The number of benzene rings is 1. The molecule has 1 aliphatic heterocycles. The molecule has 1 fully saturated rings. The van der Waals surface area contributed by atoms with Gasteiger partial charge >= 0.3 is 0 Å². The van der Waals surface area contributed by atoms with Gasteiger partial charge in [0.25, 0.3) is 0 Å². The lowest BCUT2D eigenvalue weighted by atomic mass is 9.89. The van der Waals surface area contributed by atoms with E-state index >= 15 is 0 Å². The minimum Gasteiger partial charge on any atom is -0.493 e. The van der Waals surface area contributed by atoms with Crippen LogP contribution < -0.4 is 9.47 Å². The number of epoxide rings is 1. The van der Waals surface area contributed by atoms with E-state index in [4.69, 9.17) is 30.0 Å². The molecule has 7 nitrogen and oxygen atoms in total. The minimum atomic E-state index is -1.70. The molecular weight excluding hydrogens is 286 g/mol. The summed E-state index contributed by atoms with van der Waals surface area (Å²) in [6.07, 6.45) is -1.14. The number of methoxy groups -OCH3 is 2. The second-order valence-corrected chi connectivity index (χ2v) is 4.53. The highest BCUT2D eigenvalue weighted by Gasteiger charge is 2.67. The molecule has 0 radical (unpaired) electrons. The molecule has 22 heavy (non-hydrogen) atoms. The van der Waals surface area contributed by atoms with Crippen LogP contribution in [0.4, 0.5) is 0 Å². The summed E-state index contributed by atoms with van der Waals surface area (Å²) in [6.45, 7) is 0. The topological polar surface area (TPSA) is 119 Å². The molecule has 0 saturated carbocycles. The molecule has 0 aromatic heterocycles. The van der Waals surface area contributed by atoms with Crippen molar-refractivity contribution in [2.75, 3.05) is 14.2 Å². The van der Waals surface area contributed by atoms with Crippen LogP contribution in [0.2, 0.25) is 0 Å². The molecule has 1 aromatic rings. The standard InChI is InChI=1S/C15H11N3O4/c1-20-11-4-3-9(5-12(11)21-2)13(19)14-15(8-18,22-14)10(6-16)7-17/h3-5,10,14H,1-2H3. The van der Waals surface area contributed by atoms with Crippen molar-refractivity contribution in [3.8, 4) is 29.7 Å². The van der Waals surface area contributed by atoms with Gasteiger partial charge in [0.05, 0.1) is 26.4 Å². The van der Waals surface area contributed by atoms with E-state index < -0.39 is 23.4 Å². The molecule has 2 rings (SSSR count). The van der Waals surface area contributed by atoms with Crippen LogP contribution in [0, 0.1) is 39.9 Å². The van der Waals surface area contributed by atoms with Crippen LogP contribution in [0.3, 0.4) is 0 Å². The molecule has 1 heterocycles. The summed E-state index contributed by atoms with van der Waals surface area (Å²) >= 11 is 0. The first-order valence-electron chi connectivity index (χ1n) is 6.22. The summed E-state index contributed by atoms with van der Waals surface area (Å²) in [5.41, 5.74) is -1.46. The Hall–Kier alpha value is -3.08. The molecule has 0 bridgehead atoms. The van der Waals surface area contributed by atoms with Crippen molar-refractivity contribution in [3.63, 3.8) is 0 Å². The smallest absolute Gasteiger partial charge is 0.217 e. The van der Waals surface area contributed by atoms with Crippen molar-refractivity contribution in [1.29, 1.82) is 15.8 Å². The van der Waals surface area contributed by atoms with Crippen LogP contribution in [0.1, 0.15) is 10.4 Å². The number of nitriles is 3. The Morgan fingerprint density at radius 2 is 1.86 bits per heavy atom. The summed E-state index contributed by atoms with van der Waals surface area (Å²) in [6, 6.07) is 9.62. The maximum Gasteiger partial charge on any atom is 0.217 e. The monoisotopic (exact) mass is 297 g/mol. The van der Waals surface area contributed by atoms with Crippen LogP contribution in [-0.4, -0.2) is 31.7 Å². The lowest BCUT2D eigenvalue weighted by Gasteiger charge is -2.08. The van der Waals surface area contributed by atoms with Crippen molar-refractivity contribution in [2.24, 2.45) is 5.92 Å². The van der Waals surface area contributed by atoms with Gasteiger partial charge in [0, 0.05) is 5.56 Å². The Morgan fingerprint density at radius 1 is 1.23 bits per heavy atom. The van der Waals surface area contributed by atoms with E-state index in [2.05, 4.69) is 0 Å². The first kappa shape index (κ1) is 15.3. The first-order valence-corrected chi connectivity index (χ1v) is 6.22. The molecule has 1 aromatic carbocycles. The van der Waals surface area contributed by atoms with Gasteiger partial charge < -0.3 is 14.2 Å². The van der Waals surface area contributed by atoms with Crippen LogP contribution in [0.5, 0.6) is 11.5 Å². The third-order valence-electron chi connectivity index (χ3n) is 3.41. The van der Waals surface area contributed by atoms with Gasteiger partial charge in [-0.25, -0.2) is 0 Å². The minimum absolute atomic E-state index is 0.245. The van der Waals surface area contributed by atoms with Gasteiger partial charge in [-0.15, -0.1) is 0 Å². The number of hydrogen-bond donors (Lipinski definition) is 0. The van der Waals surface area contributed by atoms with Crippen LogP contribution >= 0.6 is 0 Å². The van der Waals surface area contributed by atoms with Gasteiger partial charge in [0.2, 0.25) is 5.60 Å². The molecule has 1 saturated heterocycles. The third-order valence-corrected chi connectivity index (χ3v) is 3.41. The summed E-state index contributed by atoms with van der Waals surface area (Å²) in [5, 5.41) is 27.0. The lowest BCUT2D eigenvalue weighted by Crippen LogP contribution is -2.27. The van der Waals surface area contributed by atoms with E-state index in [1.807, 2.05) is 0 Å². The zero-order valence-electron chi connectivity index (χ0n) is 11.9. The van der Waals surface area contributed by atoms with Crippen molar-refractivity contribution < 1.29 is 19.0 Å². The number of Topliss-reactive ketones (excluding diaryl/α,β-unsaturated/α-hetero) is 1. The summed E-state index contributed by atoms with van der Waals surface area (Å²) in [5.74, 6) is -1.01. The molecule has 2 unspecified atom stereocenters. The number of ketones is 1. The highest BCUT2D eigenvalue weighted by molar-refractivity contribution is 6.03. The van der Waals surface area contributed by atoms with E-state index in [0.29, 0.717) is 11.5 Å². The average molecular weight is 297 g/mol. The van der Waals surface area contributed by atoms with Crippen LogP contribution in [0.15, 0.2) is 18.2 Å². The quantitative estimate of drug-likeness (QED) is 0.591. The second kappa shape index (κ2) is 5.73. The number of carbonyl (C=O) groups excluding carboxylic acids is 1. The van der Waals surface area contributed by atoms with E-state index in [1.165, 1.54) is 26.4 Å². The summed E-state index contributed by atoms with van der Waals surface area (Å²) in [4.78, 5) is 12.4. The fraction of sp³-hybridized carbons (Fsp3) is 0.333. The van der Waals surface area contributed by atoms with E-state index in [9.17, 15) is 4.79 Å². The molecule has 0 aliphatic carbocycles. The Kier molecular flexibility index (Phi) is 3.99. The third kappa shape index (κ3) is 2.22. The SMILES string of the molecule is COc1ccc(C(=O)C2OC2(C#N)C(C#N)C#N)cc1OC. The first-order chi connectivity index (χ1) is 10.6. The number of ether oxygens (including phenoxy) is 3. The normalized spacial score (nSPS) is 22.1. The molecule has 7 heteroatoms. The van der Waals surface area contributed by atoms with E-state index in [1.54, 1.807) is 24.3 Å². The fourth-order valence-corrected chi connectivity index (χ4v) is 2.14. The molecule has 2 atom stereocenters. The largest absolute Gasteiger partial charge is 0.493 e. The predicted molar refractivity (Wildman–Crippen MR) is 71.8 cm³/mol. The zero-order valence-corrected chi connectivity index (χ0v) is 11.9. The summed E-state index contributed by atoms with van der Waals surface area (Å²) < 4.78 is 15.3. The van der Waals surface area contributed by atoms with Gasteiger partial charge in [0.15, 0.2) is 29.3 Å². The Balaban J connectivity index is 2.30. The van der Waals surface area contributed by atoms with Gasteiger partial charge in [-0.1, -0.05) is 0 Å². The maximum atomic E-state index is 12.4. The number of rotatable bonds is 5. The lowest BCUT2D eigenvalue weighted by molar-refractivity contribution is 0.0953. The van der Waals surface area contributed by atoms with Crippen molar-refractivity contribution in [1.82, 2.24) is 0 Å². The summed E-state index contributed by atoms with van der Waals surface area (Å²) in [7, 11) is 2.90. The highest BCUT2D eigenvalue weighted by Crippen LogP contribution is 2.44. The predicted octanol–water partition coefficient (Wildman–Crippen LogP) is 1.21. The number of carbonyl (C=O) groups is 1. The van der Waals surface area contributed by atoms with Crippen LogP contribution in [0.25, 0.3) is 0 Å². The number of nitrogens with zero attached hydrogens (tertiary/aromatic N) is 3. The zero-order chi connectivity index (χ0) is 16.3. The fourth-order valence-electron chi connectivity index (χ4n) is 2.14. The molecule has 0 N–H and O–H groups in total. The van der Waals surface area contributed by atoms with Crippen molar-refractivity contribution >= 4 is 5.78 Å². The average Bonchev–Trinajstić information content (AvgIpc) is 3.30. The molecule has 0 amide bonds. The van der Waals surface area contributed by atoms with E-state index in [-0.39, 0.29) is 5.56 Å². The Bertz CT molecular complexity index is 727.